The van der Waals surface area contributed by atoms with Gasteiger partial charge in [-0.25, -0.2) is 0 Å². The van der Waals surface area contributed by atoms with Gasteiger partial charge >= 0.3 is 0 Å². The number of amides is 1. The molecule has 1 heterocycles. The number of pyridine rings is 1. The highest BCUT2D eigenvalue weighted by atomic mass is 16.3. The largest absolute Gasteiger partial charge is 0.508 e. The Bertz CT molecular complexity index is 695. The van der Waals surface area contributed by atoms with Crippen LogP contribution in [0, 0.1) is 0 Å². The zero-order chi connectivity index (χ0) is 16.9. The summed E-state index contributed by atoms with van der Waals surface area (Å²) in [6.45, 7) is 0. The number of benzene rings is 1. The monoisotopic (exact) mass is 326 g/mol. The van der Waals surface area contributed by atoms with E-state index in [-0.39, 0.29) is 29.4 Å². The van der Waals surface area contributed by atoms with E-state index in [4.69, 9.17) is 0 Å². The van der Waals surface area contributed by atoms with Crippen LogP contribution in [0.4, 0.5) is 0 Å². The smallest absolute Gasteiger partial charge is 0.224 e. The number of aromatic nitrogens is 1. The summed E-state index contributed by atoms with van der Waals surface area (Å²) >= 11 is 0. The van der Waals surface area contributed by atoms with E-state index in [2.05, 4.69) is 10.3 Å². The zero-order valence-electron chi connectivity index (χ0n) is 13.5. The van der Waals surface area contributed by atoms with E-state index in [0.717, 1.165) is 36.8 Å². The zero-order valence-corrected chi connectivity index (χ0v) is 13.5. The van der Waals surface area contributed by atoms with Gasteiger partial charge in [-0.15, -0.1) is 0 Å². The number of nitrogens with zero attached hydrogens (tertiary/aromatic N) is 1. The first kappa shape index (κ1) is 16.3. The summed E-state index contributed by atoms with van der Waals surface area (Å²) < 4.78 is 0. The lowest BCUT2D eigenvalue weighted by molar-refractivity contribution is -0.121. The van der Waals surface area contributed by atoms with Crippen LogP contribution in [0.25, 0.3) is 0 Å². The minimum Gasteiger partial charge on any atom is -0.508 e. The van der Waals surface area contributed by atoms with Gasteiger partial charge in [0.1, 0.15) is 11.5 Å². The lowest BCUT2D eigenvalue weighted by Crippen LogP contribution is -2.38. The number of aromatic hydroxyl groups is 2. The maximum Gasteiger partial charge on any atom is 0.224 e. The molecule has 0 saturated heterocycles. The van der Waals surface area contributed by atoms with Gasteiger partial charge in [0, 0.05) is 24.5 Å². The predicted molar refractivity (Wildman–Crippen MR) is 90.9 cm³/mol. The average molecular weight is 326 g/mol. The predicted octanol–water partition coefficient (Wildman–Crippen LogP) is 2.88. The van der Waals surface area contributed by atoms with Crippen LogP contribution in [-0.2, 0) is 11.2 Å². The molecular weight excluding hydrogens is 304 g/mol. The van der Waals surface area contributed by atoms with Crippen LogP contribution in [0.1, 0.15) is 42.7 Å². The molecule has 5 heteroatoms. The number of carbonyl (C=O) groups is 1. The van der Waals surface area contributed by atoms with Gasteiger partial charge in [-0.2, -0.15) is 0 Å². The van der Waals surface area contributed by atoms with E-state index in [1.807, 2.05) is 12.1 Å². The molecule has 3 rings (SSSR count). The maximum absolute atomic E-state index is 12.1. The Labute approximate surface area is 141 Å². The normalized spacial score (nSPS) is 20.5. The first-order chi connectivity index (χ1) is 11.6. The van der Waals surface area contributed by atoms with Gasteiger partial charge in [-0.1, -0.05) is 12.1 Å². The van der Waals surface area contributed by atoms with Crippen molar-refractivity contribution in [1.82, 2.24) is 10.3 Å². The van der Waals surface area contributed by atoms with Crippen LogP contribution in [-0.4, -0.2) is 27.1 Å². The lowest BCUT2D eigenvalue weighted by Gasteiger charge is -2.29. The minimum absolute atomic E-state index is 0.0268. The summed E-state index contributed by atoms with van der Waals surface area (Å²) in [5.41, 5.74) is 1.80. The molecule has 1 aromatic heterocycles. The molecule has 2 aromatic rings. The molecule has 1 aromatic carbocycles. The van der Waals surface area contributed by atoms with Crippen LogP contribution in [0.2, 0.25) is 0 Å². The number of rotatable bonds is 4. The molecule has 1 amide bonds. The molecule has 0 radical (unpaired) electrons. The van der Waals surface area contributed by atoms with Crippen LogP contribution in [0.5, 0.6) is 11.5 Å². The summed E-state index contributed by atoms with van der Waals surface area (Å²) in [7, 11) is 0. The van der Waals surface area contributed by atoms with Gasteiger partial charge in [-0.05, 0) is 54.9 Å². The molecule has 126 valence electrons. The van der Waals surface area contributed by atoms with Crippen LogP contribution in [0.15, 0.2) is 42.7 Å². The van der Waals surface area contributed by atoms with E-state index in [9.17, 15) is 15.0 Å². The molecule has 1 saturated carbocycles. The van der Waals surface area contributed by atoms with E-state index in [0.29, 0.717) is 6.42 Å². The second kappa shape index (κ2) is 7.34. The summed E-state index contributed by atoms with van der Waals surface area (Å²) in [5, 5.41) is 22.5. The maximum atomic E-state index is 12.1. The standard InChI is InChI=1S/C19H22N2O3/c22-16-7-8-17(18(23)11-16)14-3-5-15(6-4-14)21-19(24)10-13-2-1-9-20-12-13/h1-2,7-9,11-12,14-15,22-23H,3-6,10H2,(H,21,24). The number of phenols is 2. The lowest BCUT2D eigenvalue weighted by atomic mass is 9.81. The third-order valence-corrected chi connectivity index (χ3v) is 4.63. The van der Waals surface area contributed by atoms with Crippen molar-refractivity contribution in [2.45, 2.75) is 44.1 Å². The highest BCUT2D eigenvalue weighted by Crippen LogP contribution is 2.38. The molecule has 1 fully saturated rings. The fourth-order valence-electron chi connectivity index (χ4n) is 3.39. The number of hydrogen-bond acceptors (Lipinski definition) is 4. The number of carbonyl (C=O) groups excluding carboxylic acids is 1. The molecule has 1 aliphatic carbocycles. The van der Waals surface area contributed by atoms with E-state index < -0.39 is 0 Å². The fraction of sp³-hybridized carbons (Fsp3) is 0.368. The van der Waals surface area contributed by atoms with Crippen molar-refractivity contribution in [3.8, 4) is 11.5 Å². The van der Waals surface area contributed by atoms with Crippen LogP contribution < -0.4 is 5.32 Å². The Kier molecular flexibility index (Phi) is 4.99. The van der Waals surface area contributed by atoms with Crippen molar-refractivity contribution in [3.63, 3.8) is 0 Å². The van der Waals surface area contributed by atoms with Crippen LogP contribution >= 0.6 is 0 Å². The third kappa shape index (κ3) is 4.04. The molecular formula is C19H22N2O3. The van der Waals surface area contributed by atoms with Crippen molar-refractivity contribution < 1.29 is 15.0 Å². The highest BCUT2D eigenvalue weighted by molar-refractivity contribution is 5.78. The van der Waals surface area contributed by atoms with Crippen molar-refractivity contribution in [2.24, 2.45) is 0 Å². The second-order valence-corrected chi connectivity index (χ2v) is 6.40. The van der Waals surface area contributed by atoms with Crippen molar-refractivity contribution in [2.75, 3.05) is 0 Å². The van der Waals surface area contributed by atoms with E-state index in [1.54, 1.807) is 24.5 Å². The minimum atomic E-state index is 0.0268. The molecule has 0 spiro atoms. The Morgan fingerprint density at radius 3 is 2.62 bits per heavy atom. The SMILES string of the molecule is O=C(Cc1cccnc1)NC1CCC(c2ccc(O)cc2O)CC1. The van der Waals surface area contributed by atoms with Gasteiger partial charge in [0.15, 0.2) is 0 Å². The van der Waals surface area contributed by atoms with Crippen LogP contribution in [0.3, 0.4) is 0 Å². The second-order valence-electron chi connectivity index (χ2n) is 6.40. The number of hydrogen-bond donors (Lipinski definition) is 3. The van der Waals surface area contributed by atoms with Crippen molar-refractivity contribution in [1.29, 1.82) is 0 Å². The Balaban J connectivity index is 1.51. The van der Waals surface area contributed by atoms with Crippen molar-refractivity contribution in [3.05, 3.63) is 53.9 Å². The fourth-order valence-corrected chi connectivity index (χ4v) is 3.39. The number of nitrogens with one attached hydrogen (secondary N) is 1. The summed E-state index contributed by atoms with van der Waals surface area (Å²) in [4.78, 5) is 16.1. The molecule has 0 unspecified atom stereocenters. The van der Waals surface area contributed by atoms with Gasteiger partial charge in [-0.3, -0.25) is 9.78 Å². The van der Waals surface area contributed by atoms with Crippen molar-refractivity contribution >= 4 is 5.91 Å². The summed E-state index contributed by atoms with van der Waals surface area (Å²) in [6, 6.07) is 8.70. The first-order valence-corrected chi connectivity index (χ1v) is 8.32. The highest BCUT2D eigenvalue weighted by Gasteiger charge is 2.25. The molecule has 0 aliphatic heterocycles. The Morgan fingerprint density at radius 2 is 1.96 bits per heavy atom. The molecule has 5 nitrogen and oxygen atoms in total. The van der Waals surface area contributed by atoms with E-state index >= 15 is 0 Å². The first-order valence-electron chi connectivity index (χ1n) is 8.32. The quantitative estimate of drug-likeness (QED) is 0.807. The number of phenolic OH excluding ortho intramolecular Hbond substituents is 2. The molecule has 0 atom stereocenters. The van der Waals surface area contributed by atoms with Gasteiger partial charge in [0.05, 0.1) is 6.42 Å². The Morgan fingerprint density at radius 1 is 1.17 bits per heavy atom. The van der Waals surface area contributed by atoms with E-state index in [1.165, 1.54) is 6.07 Å². The van der Waals surface area contributed by atoms with Gasteiger partial charge < -0.3 is 15.5 Å². The van der Waals surface area contributed by atoms with Gasteiger partial charge in [0.2, 0.25) is 5.91 Å². The molecule has 0 bridgehead atoms. The average Bonchev–Trinajstić information content (AvgIpc) is 2.57. The molecule has 3 N–H and O–H groups in total. The third-order valence-electron chi connectivity index (χ3n) is 4.63. The summed E-state index contributed by atoms with van der Waals surface area (Å²) in [6.07, 6.45) is 7.37. The van der Waals surface area contributed by atoms with Gasteiger partial charge in [0.25, 0.3) is 0 Å². The topological polar surface area (TPSA) is 82.5 Å². The molecule has 1 aliphatic rings. The Hall–Kier alpha value is -2.56. The molecule has 24 heavy (non-hydrogen) atoms. The summed E-state index contributed by atoms with van der Waals surface area (Å²) in [5.74, 6) is 0.530.